The average molecular weight is 330 g/mol. The fourth-order valence-corrected chi connectivity index (χ4v) is 2.83. The molecule has 0 aromatic heterocycles. The minimum atomic E-state index is -0.818. The Balaban J connectivity index is 2.38. The van der Waals surface area contributed by atoms with Crippen molar-refractivity contribution in [2.75, 3.05) is 13.2 Å². The molecule has 0 aromatic rings. The molecule has 0 amide bonds. The van der Waals surface area contributed by atoms with Crippen molar-refractivity contribution in [2.24, 2.45) is 0 Å². The molecule has 1 fully saturated rings. The van der Waals surface area contributed by atoms with E-state index in [1.807, 2.05) is 13.8 Å². The number of aliphatic hydroxyl groups excluding tert-OH is 1. The Hall–Kier alpha value is -0.650. The molecule has 5 nitrogen and oxygen atoms in total. The van der Waals surface area contributed by atoms with Gasteiger partial charge >= 0.3 is 5.97 Å². The van der Waals surface area contributed by atoms with Gasteiger partial charge in [0.1, 0.15) is 6.10 Å². The highest BCUT2D eigenvalue weighted by Gasteiger charge is 2.47. The van der Waals surface area contributed by atoms with E-state index in [1.165, 1.54) is 25.7 Å². The topological polar surface area (TPSA) is 65.0 Å². The smallest absolute Gasteiger partial charge is 0.338 e. The summed E-state index contributed by atoms with van der Waals surface area (Å²) in [4.78, 5) is 12.1. The number of hydrogen-bond donors (Lipinski definition) is 1. The van der Waals surface area contributed by atoms with Crippen LogP contribution in [0.4, 0.5) is 0 Å². The SMILES string of the molecule is CCCCCCCCC1(C)OC(CO)C(C(=O)OCCCC)O1. The van der Waals surface area contributed by atoms with Crippen LogP contribution in [0, 0.1) is 0 Å². The molecule has 0 bridgehead atoms. The maximum atomic E-state index is 12.1. The first-order valence-electron chi connectivity index (χ1n) is 9.19. The predicted octanol–water partition coefficient (Wildman–Crippen LogP) is 3.57. The van der Waals surface area contributed by atoms with Crippen molar-refractivity contribution in [3.63, 3.8) is 0 Å². The molecule has 0 radical (unpaired) electrons. The van der Waals surface area contributed by atoms with E-state index in [4.69, 9.17) is 14.2 Å². The van der Waals surface area contributed by atoms with Gasteiger partial charge in [0.2, 0.25) is 0 Å². The van der Waals surface area contributed by atoms with Gasteiger partial charge in [0.15, 0.2) is 11.9 Å². The van der Waals surface area contributed by atoms with Crippen molar-refractivity contribution < 1.29 is 24.1 Å². The summed E-state index contributed by atoms with van der Waals surface area (Å²) in [6.45, 7) is 6.25. The first kappa shape index (κ1) is 20.4. The summed E-state index contributed by atoms with van der Waals surface area (Å²) >= 11 is 0. The van der Waals surface area contributed by atoms with E-state index in [1.54, 1.807) is 0 Å². The van der Waals surface area contributed by atoms with Crippen molar-refractivity contribution in [2.45, 2.75) is 96.6 Å². The van der Waals surface area contributed by atoms with Gasteiger partial charge in [-0.15, -0.1) is 0 Å². The second-order valence-electron chi connectivity index (χ2n) is 6.55. The number of carbonyl (C=O) groups is 1. The number of unbranched alkanes of at least 4 members (excludes halogenated alkanes) is 6. The third kappa shape index (κ3) is 7.19. The second-order valence-corrected chi connectivity index (χ2v) is 6.55. The molecule has 3 atom stereocenters. The number of ether oxygens (including phenoxy) is 3. The molecule has 0 aromatic carbocycles. The molecule has 0 spiro atoms. The summed E-state index contributed by atoms with van der Waals surface area (Å²) in [5.41, 5.74) is 0. The van der Waals surface area contributed by atoms with E-state index in [0.717, 1.165) is 32.1 Å². The van der Waals surface area contributed by atoms with E-state index < -0.39 is 24.0 Å². The minimum absolute atomic E-state index is 0.236. The molecule has 1 aliphatic rings. The molecule has 0 saturated carbocycles. The molecule has 1 aliphatic heterocycles. The Morgan fingerprint density at radius 2 is 1.70 bits per heavy atom. The van der Waals surface area contributed by atoms with Crippen LogP contribution >= 0.6 is 0 Å². The molecular weight excluding hydrogens is 296 g/mol. The average Bonchev–Trinajstić information content (AvgIpc) is 2.88. The van der Waals surface area contributed by atoms with Crippen LogP contribution in [0.1, 0.15) is 78.6 Å². The van der Waals surface area contributed by atoms with Gasteiger partial charge in [-0.2, -0.15) is 0 Å². The number of carbonyl (C=O) groups excluding carboxylic acids is 1. The highest BCUT2D eigenvalue weighted by atomic mass is 16.8. The largest absolute Gasteiger partial charge is 0.464 e. The lowest BCUT2D eigenvalue weighted by molar-refractivity contribution is -0.181. The fourth-order valence-electron chi connectivity index (χ4n) is 2.83. The summed E-state index contributed by atoms with van der Waals surface area (Å²) < 4.78 is 16.8. The summed E-state index contributed by atoms with van der Waals surface area (Å²) in [7, 11) is 0. The van der Waals surface area contributed by atoms with Gasteiger partial charge in [-0.05, 0) is 19.8 Å². The van der Waals surface area contributed by atoms with E-state index >= 15 is 0 Å². The molecule has 1 N–H and O–H groups in total. The molecule has 1 heterocycles. The number of esters is 1. The van der Waals surface area contributed by atoms with Crippen LogP contribution in [0.25, 0.3) is 0 Å². The van der Waals surface area contributed by atoms with E-state index in [9.17, 15) is 9.90 Å². The quantitative estimate of drug-likeness (QED) is 0.438. The molecule has 0 aliphatic carbocycles. The van der Waals surface area contributed by atoms with Crippen LogP contribution in [-0.4, -0.2) is 42.3 Å². The van der Waals surface area contributed by atoms with Gasteiger partial charge in [0.05, 0.1) is 13.2 Å². The zero-order valence-electron chi connectivity index (χ0n) is 15.0. The zero-order valence-corrected chi connectivity index (χ0v) is 15.0. The highest BCUT2D eigenvalue weighted by Crippen LogP contribution is 2.33. The third-order valence-corrected chi connectivity index (χ3v) is 4.25. The van der Waals surface area contributed by atoms with Crippen LogP contribution in [0.2, 0.25) is 0 Å². The Kier molecular flexibility index (Phi) is 9.75. The van der Waals surface area contributed by atoms with E-state index in [2.05, 4.69) is 6.92 Å². The van der Waals surface area contributed by atoms with Crippen molar-refractivity contribution in [3.05, 3.63) is 0 Å². The van der Waals surface area contributed by atoms with Crippen LogP contribution in [0.15, 0.2) is 0 Å². The Labute approximate surface area is 140 Å². The number of rotatable bonds is 12. The van der Waals surface area contributed by atoms with Crippen molar-refractivity contribution in [1.29, 1.82) is 0 Å². The zero-order chi connectivity index (χ0) is 17.1. The maximum Gasteiger partial charge on any atom is 0.338 e. The monoisotopic (exact) mass is 330 g/mol. The van der Waals surface area contributed by atoms with E-state index in [-0.39, 0.29) is 6.61 Å². The molecule has 3 unspecified atom stereocenters. The molecular formula is C18H34O5. The number of aliphatic hydroxyl groups is 1. The molecule has 1 saturated heterocycles. The number of hydrogen-bond acceptors (Lipinski definition) is 5. The summed E-state index contributed by atoms with van der Waals surface area (Å²) in [6, 6.07) is 0. The lowest BCUT2D eigenvalue weighted by Crippen LogP contribution is -2.35. The van der Waals surface area contributed by atoms with Crippen molar-refractivity contribution >= 4 is 5.97 Å². The first-order valence-corrected chi connectivity index (χ1v) is 9.19. The molecule has 5 heteroatoms. The van der Waals surface area contributed by atoms with Gasteiger partial charge in [-0.1, -0.05) is 52.4 Å². The van der Waals surface area contributed by atoms with Crippen LogP contribution in [0.5, 0.6) is 0 Å². The fraction of sp³-hybridized carbons (Fsp3) is 0.944. The standard InChI is InChI=1S/C18H34O5/c1-4-6-8-9-10-11-12-18(3)22-15(14-19)16(23-18)17(20)21-13-7-5-2/h15-16,19H,4-14H2,1-3H3. The van der Waals surface area contributed by atoms with Gasteiger partial charge < -0.3 is 19.3 Å². The predicted molar refractivity (Wildman–Crippen MR) is 89.1 cm³/mol. The maximum absolute atomic E-state index is 12.1. The summed E-state index contributed by atoms with van der Waals surface area (Å²) in [5, 5.41) is 9.45. The minimum Gasteiger partial charge on any atom is -0.464 e. The third-order valence-electron chi connectivity index (χ3n) is 4.25. The lowest BCUT2D eigenvalue weighted by Gasteiger charge is -2.23. The first-order chi connectivity index (χ1) is 11.1. The highest BCUT2D eigenvalue weighted by molar-refractivity contribution is 5.75. The van der Waals surface area contributed by atoms with Crippen LogP contribution in [0.3, 0.4) is 0 Å². The van der Waals surface area contributed by atoms with E-state index in [0.29, 0.717) is 6.61 Å². The second kappa shape index (κ2) is 11.0. The lowest BCUT2D eigenvalue weighted by atomic mass is 10.1. The Morgan fingerprint density at radius 3 is 2.35 bits per heavy atom. The molecule has 23 heavy (non-hydrogen) atoms. The van der Waals surface area contributed by atoms with Crippen LogP contribution < -0.4 is 0 Å². The normalized spacial score (nSPS) is 27.3. The Bertz CT molecular complexity index is 333. The van der Waals surface area contributed by atoms with Gasteiger partial charge in [0.25, 0.3) is 0 Å². The Morgan fingerprint density at radius 1 is 1.04 bits per heavy atom. The van der Waals surface area contributed by atoms with Gasteiger partial charge in [-0.3, -0.25) is 0 Å². The van der Waals surface area contributed by atoms with Crippen molar-refractivity contribution in [3.8, 4) is 0 Å². The molecule has 1 rings (SSSR count). The van der Waals surface area contributed by atoms with Gasteiger partial charge in [0, 0.05) is 6.42 Å². The summed E-state index contributed by atoms with van der Waals surface area (Å²) in [6.07, 6.45) is 8.22. The van der Waals surface area contributed by atoms with Gasteiger partial charge in [-0.25, -0.2) is 4.79 Å². The van der Waals surface area contributed by atoms with Crippen molar-refractivity contribution in [1.82, 2.24) is 0 Å². The van der Waals surface area contributed by atoms with Crippen LogP contribution in [-0.2, 0) is 19.0 Å². The molecule has 136 valence electrons. The summed E-state index contributed by atoms with van der Waals surface area (Å²) in [5.74, 6) is -1.23.